The predicted molar refractivity (Wildman–Crippen MR) is 53.2 cm³/mol. The van der Waals surface area contributed by atoms with Crippen LogP contribution in [0.2, 0.25) is 0 Å². The van der Waals surface area contributed by atoms with Crippen molar-refractivity contribution >= 4 is 16.9 Å². The van der Waals surface area contributed by atoms with Crippen molar-refractivity contribution in [2.45, 2.75) is 18.8 Å². The van der Waals surface area contributed by atoms with E-state index in [1.54, 1.807) is 11.8 Å². The molecule has 3 rings (SSSR count). The molecule has 1 aliphatic heterocycles. The minimum Gasteiger partial charge on any atom is -0.393 e. The molecule has 0 saturated heterocycles. The molecule has 0 amide bonds. The van der Waals surface area contributed by atoms with Crippen molar-refractivity contribution in [2.24, 2.45) is 5.16 Å². The van der Waals surface area contributed by atoms with E-state index in [0.717, 1.165) is 10.9 Å². The molecule has 0 aromatic carbocycles. The lowest BCUT2D eigenvalue weighted by atomic mass is 10.3. The molecular formula is C8H10N4OS. The van der Waals surface area contributed by atoms with Crippen molar-refractivity contribution in [1.29, 1.82) is 0 Å². The zero-order chi connectivity index (χ0) is 9.38. The smallest absolute Gasteiger partial charge is 0.229 e. The van der Waals surface area contributed by atoms with Crippen molar-refractivity contribution in [2.75, 3.05) is 12.4 Å². The zero-order valence-electron chi connectivity index (χ0n) is 7.59. The molecule has 0 spiro atoms. The van der Waals surface area contributed by atoms with Gasteiger partial charge in [0.05, 0.1) is 11.9 Å². The molecule has 5 nitrogen and oxygen atoms in total. The molecule has 2 heterocycles. The summed E-state index contributed by atoms with van der Waals surface area (Å²) >= 11 is 1.67. The van der Waals surface area contributed by atoms with E-state index in [1.807, 2.05) is 10.9 Å². The number of oxime groups is 1. The highest BCUT2D eigenvalue weighted by Crippen LogP contribution is 2.39. The lowest BCUT2D eigenvalue weighted by molar-refractivity contribution is 0.158. The van der Waals surface area contributed by atoms with Crippen molar-refractivity contribution in [3.05, 3.63) is 11.9 Å². The van der Waals surface area contributed by atoms with Gasteiger partial charge in [0.25, 0.3) is 0 Å². The Kier molecular flexibility index (Phi) is 1.93. The van der Waals surface area contributed by atoms with E-state index in [1.165, 1.54) is 18.5 Å². The summed E-state index contributed by atoms with van der Waals surface area (Å²) in [6.07, 6.45) is 4.31. The van der Waals surface area contributed by atoms with Gasteiger partial charge in [0.2, 0.25) is 5.17 Å². The van der Waals surface area contributed by atoms with Crippen LogP contribution in [0.15, 0.2) is 11.4 Å². The number of hydrogen-bond acceptors (Lipinski definition) is 5. The van der Waals surface area contributed by atoms with Gasteiger partial charge < -0.3 is 4.84 Å². The summed E-state index contributed by atoms with van der Waals surface area (Å²) in [6, 6.07) is 0. The van der Waals surface area contributed by atoms with Crippen LogP contribution in [0.4, 0.5) is 0 Å². The second kappa shape index (κ2) is 3.27. The van der Waals surface area contributed by atoms with Gasteiger partial charge in [-0.15, -0.1) is 5.10 Å². The topological polar surface area (TPSA) is 52.3 Å². The minimum atomic E-state index is 0.634. The van der Waals surface area contributed by atoms with Crippen LogP contribution < -0.4 is 0 Å². The fourth-order valence-electron chi connectivity index (χ4n) is 1.45. The fourth-order valence-corrected chi connectivity index (χ4v) is 2.16. The monoisotopic (exact) mass is 210 g/mol. The number of nitrogens with zero attached hydrogens (tertiary/aromatic N) is 4. The summed E-state index contributed by atoms with van der Waals surface area (Å²) in [4.78, 5) is 5.04. The number of thioether (sulfide) groups is 1. The van der Waals surface area contributed by atoms with Crippen LogP contribution in [0.5, 0.6) is 0 Å². The van der Waals surface area contributed by atoms with Crippen molar-refractivity contribution in [3.8, 4) is 0 Å². The molecule has 74 valence electrons. The van der Waals surface area contributed by atoms with E-state index in [-0.39, 0.29) is 0 Å². The highest BCUT2D eigenvalue weighted by atomic mass is 32.2. The van der Waals surface area contributed by atoms with E-state index in [9.17, 15) is 0 Å². The summed E-state index contributed by atoms with van der Waals surface area (Å²) in [5, 5.41) is 12.8. The zero-order valence-corrected chi connectivity index (χ0v) is 8.40. The maximum atomic E-state index is 5.04. The quantitative estimate of drug-likeness (QED) is 0.695. The Labute approximate surface area is 85.5 Å². The second-order valence-electron chi connectivity index (χ2n) is 3.40. The molecule has 1 aliphatic carbocycles. The van der Waals surface area contributed by atoms with Gasteiger partial charge in [0.1, 0.15) is 6.61 Å². The van der Waals surface area contributed by atoms with E-state index in [4.69, 9.17) is 4.84 Å². The standard InChI is InChI=1S/C8H10N4OS/c1-2-6(1)7-5-9-11-12(7)8-10-13-3-4-14-8/h5-6H,1-4H2. The highest BCUT2D eigenvalue weighted by Gasteiger charge is 2.29. The SMILES string of the molecule is c1nnn(C2=NOCCS2)c1C1CC1. The number of hydrogen-bond donors (Lipinski definition) is 0. The maximum absolute atomic E-state index is 5.04. The molecule has 0 unspecified atom stereocenters. The summed E-state index contributed by atoms with van der Waals surface area (Å²) in [7, 11) is 0. The summed E-state index contributed by atoms with van der Waals surface area (Å²) < 4.78 is 1.81. The van der Waals surface area contributed by atoms with Crippen LogP contribution in [0.3, 0.4) is 0 Å². The van der Waals surface area contributed by atoms with Gasteiger partial charge in [0, 0.05) is 11.7 Å². The minimum absolute atomic E-state index is 0.634. The van der Waals surface area contributed by atoms with Crippen LogP contribution in [-0.4, -0.2) is 32.5 Å². The molecule has 1 fully saturated rings. The first-order valence-electron chi connectivity index (χ1n) is 4.69. The van der Waals surface area contributed by atoms with Gasteiger partial charge in [0.15, 0.2) is 0 Å². The molecule has 2 aliphatic rings. The summed E-state index contributed by atoms with van der Waals surface area (Å²) in [5.41, 5.74) is 1.17. The molecule has 1 saturated carbocycles. The molecule has 1 aromatic rings. The fraction of sp³-hybridized carbons (Fsp3) is 0.625. The van der Waals surface area contributed by atoms with E-state index in [2.05, 4.69) is 15.5 Å². The van der Waals surface area contributed by atoms with Crippen LogP contribution in [0.1, 0.15) is 24.5 Å². The van der Waals surface area contributed by atoms with Crippen molar-refractivity contribution < 1.29 is 4.84 Å². The van der Waals surface area contributed by atoms with Crippen molar-refractivity contribution in [1.82, 2.24) is 15.0 Å². The molecule has 0 atom stereocenters. The Morgan fingerprint density at radius 3 is 3.14 bits per heavy atom. The molecule has 14 heavy (non-hydrogen) atoms. The Hall–Kier alpha value is -1.04. The van der Waals surface area contributed by atoms with Crippen LogP contribution in [0.25, 0.3) is 0 Å². The second-order valence-corrected chi connectivity index (χ2v) is 4.46. The normalized spacial score (nSPS) is 21.6. The molecule has 0 radical (unpaired) electrons. The van der Waals surface area contributed by atoms with E-state index in [0.29, 0.717) is 12.5 Å². The first kappa shape index (κ1) is 8.28. The summed E-state index contributed by atoms with van der Waals surface area (Å²) in [6.45, 7) is 0.682. The molecular weight excluding hydrogens is 200 g/mol. The van der Waals surface area contributed by atoms with Gasteiger partial charge in [-0.2, -0.15) is 4.68 Å². The Morgan fingerprint density at radius 1 is 1.50 bits per heavy atom. The van der Waals surface area contributed by atoms with Gasteiger partial charge in [-0.3, -0.25) is 0 Å². The lowest BCUT2D eigenvalue weighted by Gasteiger charge is -2.11. The van der Waals surface area contributed by atoms with Crippen LogP contribution in [-0.2, 0) is 4.84 Å². The Balaban J connectivity index is 1.93. The van der Waals surface area contributed by atoms with Gasteiger partial charge >= 0.3 is 0 Å². The Bertz CT molecular complexity index is 371. The molecule has 0 bridgehead atoms. The predicted octanol–water partition coefficient (Wildman–Crippen LogP) is 1.04. The number of rotatable bonds is 1. The number of aromatic nitrogens is 3. The third-order valence-corrected chi connectivity index (χ3v) is 3.18. The molecule has 6 heteroatoms. The average Bonchev–Trinajstić information content (AvgIpc) is 2.98. The van der Waals surface area contributed by atoms with Crippen molar-refractivity contribution in [3.63, 3.8) is 0 Å². The molecule has 0 N–H and O–H groups in total. The third-order valence-electron chi connectivity index (χ3n) is 2.30. The highest BCUT2D eigenvalue weighted by molar-refractivity contribution is 8.13. The van der Waals surface area contributed by atoms with Crippen LogP contribution >= 0.6 is 11.8 Å². The lowest BCUT2D eigenvalue weighted by Crippen LogP contribution is -2.18. The van der Waals surface area contributed by atoms with Crippen LogP contribution in [0, 0.1) is 0 Å². The third kappa shape index (κ3) is 1.39. The van der Waals surface area contributed by atoms with Gasteiger partial charge in [-0.05, 0) is 12.8 Å². The first-order chi connectivity index (χ1) is 6.95. The van der Waals surface area contributed by atoms with Gasteiger partial charge in [-0.25, -0.2) is 0 Å². The maximum Gasteiger partial charge on any atom is 0.229 e. The summed E-state index contributed by atoms with van der Waals surface area (Å²) in [5.74, 6) is 1.57. The van der Waals surface area contributed by atoms with E-state index < -0.39 is 0 Å². The average molecular weight is 210 g/mol. The van der Waals surface area contributed by atoms with Gasteiger partial charge in [-0.1, -0.05) is 22.1 Å². The largest absolute Gasteiger partial charge is 0.393 e. The Morgan fingerprint density at radius 2 is 2.43 bits per heavy atom. The van der Waals surface area contributed by atoms with E-state index >= 15 is 0 Å². The first-order valence-corrected chi connectivity index (χ1v) is 5.67. The molecule has 1 aromatic heterocycles.